The van der Waals surface area contributed by atoms with Crippen molar-refractivity contribution in [2.24, 2.45) is 5.92 Å². The van der Waals surface area contributed by atoms with Gasteiger partial charge in [0.1, 0.15) is 0 Å². The molecule has 136 valence electrons. The lowest BCUT2D eigenvalue weighted by atomic mass is 9.95. The predicted octanol–water partition coefficient (Wildman–Crippen LogP) is 2.07. The molecule has 0 saturated carbocycles. The van der Waals surface area contributed by atoms with Gasteiger partial charge in [-0.1, -0.05) is 6.07 Å². The normalized spacial score (nSPS) is 15.0. The van der Waals surface area contributed by atoms with E-state index in [1.165, 1.54) is 4.88 Å². The average Bonchev–Trinajstić information content (AvgIpc) is 3.08. The molecule has 5 nitrogen and oxygen atoms in total. The first-order chi connectivity index (χ1) is 11.2. The fraction of sp³-hybridized carbons (Fsp3) is 0.647. The van der Waals surface area contributed by atoms with Crippen LogP contribution in [0.15, 0.2) is 17.5 Å². The number of carbonyl (C=O) groups excluding carboxylic acids is 2. The Kier molecular flexibility index (Phi) is 9.98. The lowest BCUT2D eigenvalue weighted by Gasteiger charge is -2.31. The van der Waals surface area contributed by atoms with E-state index in [0.717, 1.165) is 32.2 Å². The molecule has 1 aromatic rings. The molecule has 1 aliphatic heterocycles. The lowest BCUT2D eigenvalue weighted by molar-refractivity contribution is -0.135. The zero-order valence-electron chi connectivity index (χ0n) is 14.3. The van der Waals surface area contributed by atoms with Crippen molar-refractivity contribution in [3.8, 4) is 0 Å². The maximum absolute atomic E-state index is 12.2. The van der Waals surface area contributed by atoms with E-state index in [4.69, 9.17) is 0 Å². The van der Waals surface area contributed by atoms with Gasteiger partial charge in [0, 0.05) is 36.9 Å². The third kappa shape index (κ3) is 6.79. The fourth-order valence-electron chi connectivity index (χ4n) is 2.87. The van der Waals surface area contributed by atoms with Crippen LogP contribution >= 0.6 is 23.7 Å². The average molecular weight is 374 g/mol. The van der Waals surface area contributed by atoms with Crippen LogP contribution in [0.1, 0.15) is 30.6 Å². The van der Waals surface area contributed by atoms with E-state index in [1.807, 2.05) is 18.0 Å². The Morgan fingerprint density at radius 1 is 1.29 bits per heavy atom. The van der Waals surface area contributed by atoms with E-state index in [2.05, 4.69) is 22.1 Å². The highest BCUT2D eigenvalue weighted by Gasteiger charge is 2.26. The monoisotopic (exact) mass is 373 g/mol. The van der Waals surface area contributed by atoms with E-state index in [-0.39, 0.29) is 30.1 Å². The highest BCUT2D eigenvalue weighted by Crippen LogP contribution is 2.18. The highest BCUT2D eigenvalue weighted by molar-refractivity contribution is 7.09. The van der Waals surface area contributed by atoms with Gasteiger partial charge in [-0.3, -0.25) is 9.59 Å². The maximum atomic E-state index is 12.2. The molecule has 0 radical (unpaired) electrons. The van der Waals surface area contributed by atoms with E-state index in [9.17, 15) is 9.59 Å². The minimum atomic E-state index is 0. The number of piperidine rings is 1. The molecule has 0 atom stereocenters. The fourth-order valence-corrected chi connectivity index (χ4v) is 3.58. The third-order valence-corrected chi connectivity index (χ3v) is 5.22. The molecule has 0 unspecified atom stereocenters. The summed E-state index contributed by atoms with van der Waals surface area (Å²) in [5, 5.41) is 8.14. The number of likely N-dealkylation sites (tertiary alicyclic amines) is 1. The number of thiophene rings is 1. The Hall–Kier alpha value is -1.11. The van der Waals surface area contributed by atoms with Gasteiger partial charge in [0.05, 0.1) is 0 Å². The van der Waals surface area contributed by atoms with E-state index in [0.29, 0.717) is 26.1 Å². The second-order valence-electron chi connectivity index (χ2n) is 5.98. The Balaban J connectivity index is 0.00000288. The molecular weight excluding hydrogens is 346 g/mol. The summed E-state index contributed by atoms with van der Waals surface area (Å²) in [5.41, 5.74) is 0. The number of hydrogen-bond acceptors (Lipinski definition) is 4. The number of hydrogen-bond donors (Lipinski definition) is 2. The Morgan fingerprint density at radius 3 is 2.67 bits per heavy atom. The van der Waals surface area contributed by atoms with E-state index < -0.39 is 0 Å². The summed E-state index contributed by atoms with van der Waals surface area (Å²) in [6.07, 6.45) is 3.92. The number of amides is 2. The second kappa shape index (κ2) is 11.4. The van der Waals surface area contributed by atoms with Gasteiger partial charge in [-0.2, -0.15) is 0 Å². The first kappa shape index (κ1) is 20.9. The second-order valence-corrected chi connectivity index (χ2v) is 7.01. The van der Waals surface area contributed by atoms with Crippen LogP contribution in [-0.2, 0) is 16.0 Å². The van der Waals surface area contributed by atoms with Crippen molar-refractivity contribution in [2.45, 2.75) is 32.1 Å². The molecule has 2 amide bonds. The smallest absolute Gasteiger partial charge is 0.223 e. The summed E-state index contributed by atoms with van der Waals surface area (Å²) < 4.78 is 0. The quantitative estimate of drug-likeness (QED) is 0.686. The van der Waals surface area contributed by atoms with Gasteiger partial charge >= 0.3 is 0 Å². The number of carbonyl (C=O) groups is 2. The van der Waals surface area contributed by atoms with Crippen molar-refractivity contribution >= 4 is 35.6 Å². The van der Waals surface area contributed by atoms with Crippen LogP contribution in [-0.4, -0.2) is 49.9 Å². The van der Waals surface area contributed by atoms with Crippen molar-refractivity contribution in [2.75, 3.05) is 33.2 Å². The van der Waals surface area contributed by atoms with Crippen molar-refractivity contribution in [3.63, 3.8) is 0 Å². The molecule has 7 heteroatoms. The molecular formula is C17H28ClN3O2S. The van der Waals surface area contributed by atoms with Gasteiger partial charge in [0.25, 0.3) is 0 Å². The summed E-state index contributed by atoms with van der Waals surface area (Å²) >= 11 is 1.72. The van der Waals surface area contributed by atoms with Crippen molar-refractivity contribution in [3.05, 3.63) is 22.4 Å². The molecule has 24 heavy (non-hydrogen) atoms. The van der Waals surface area contributed by atoms with Gasteiger partial charge in [0.15, 0.2) is 0 Å². The molecule has 0 aromatic carbocycles. The molecule has 0 spiro atoms. The first-order valence-electron chi connectivity index (χ1n) is 8.43. The van der Waals surface area contributed by atoms with Crippen LogP contribution in [0.25, 0.3) is 0 Å². The van der Waals surface area contributed by atoms with Gasteiger partial charge in [-0.25, -0.2) is 0 Å². The standard InChI is InChI=1S/C17H27N3O2S.ClH/c1-18-9-2-5-16(21)20-11-7-14(8-12-20)17(22)19-10-6-15-4-3-13-23-15;/h3-4,13-14,18H,2,5-12H2,1H3,(H,19,22);1H. The third-order valence-electron chi connectivity index (χ3n) is 4.29. The van der Waals surface area contributed by atoms with Crippen LogP contribution in [0, 0.1) is 5.92 Å². The first-order valence-corrected chi connectivity index (χ1v) is 9.31. The number of nitrogens with one attached hydrogen (secondary N) is 2. The van der Waals surface area contributed by atoms with Crippen molar-refractivity contribution in [1.82, 2.24) is 15.5 Å². The predicted molar refractivity (Wildman–Crippen MR) is 101 cm³/mol. The minimum absolute atomic E-state index is 0. The molecule has 0 aliphatic carbocycles. The molecule has 1 fully saturated rings. The Morgan fingerprint density at radius 2 is 2.04 bits per heavy atom. The lowest BCUT2D eigenvalue weighted by Crippen LogP contribution is -2.43. The topological polar surface area (TPSA) is 61.4 Å². The molecule has 2 rings (SSSR count). The highest BCUT2D eigenvalue weighted by atomic mass is 35.5. The minimum Gasteiger partial charge on any atom is -0.355 e. The largest absolute Gasteiger partial charge is 0.355 e. The van der Waals surface area contributed by atoms with Crippen molar-refractivity contribution < 1.29 is 9.59 Å². The van der Waals surface area contributed by atoms with Gasteiger partial charge in [0.2, 0.25) is 11.8 Å². The summed E-state index contributed by atoms with van der Waals surface area (Å²) in [5.74, 6) is 0.417. The Labute approximate surface area is 154 Å². The van der Waals surface area contributed by atoms with Gasteiger partial charge in [-0.05, 0) is 50.7 Å². The molecule has 2 heterocycles. The number of nitrogens with zero attached hydrogens (tertiary/aromatic N) is 1. The van der Waals surface area contributed by atoms with Crippen LogP contribution in [0.2, 0.25) is 0 Å². The molecule has 2 N–H and O–H groups in total. The number of halogens is 1. The van der Waals surface area contributed by atoms with Crippen LogP contribution in [0.4, 0.5) is 0 Å². The zero-order valence-corrected chi connectivity index (χ0v) is 15.9. The van der Waals surface area contributed by atoms with Crippen LogP contribution in [0.5, 0.6) is 0 Å². The number of rotatable bonds is 8. The van der Waals surface area contributed by atoms with Gasteiger partial charge < -0.3 is 15.5 Å². The zero-order chi connectivity index (χ0) is 16.5. The van der Waals surface area contributed by atoms with E-state index >= 15 is 0 Å². The maximum Gasteiger partial charge on any atom is 0.223 e. The summed E-state index contributed by atoms with van der Waals surface area (Å²) in [7, 11) is 1.90. The SMILES string of the molecule is CNCCCC(=O)N1CCC(C(=O)NCCc2cccs2)CC1.Cl. The molecule has 1 aromatic heterocycles. The molecule has 0 bridgehead atoms. The molecule has 1 aliphatic rings. The summed E-state index contributed by atoms with van der Waals surface area (Å²) in [4.78, 5) is 27.5. The summed E-state index contributed by atoms with van der Waals surface area (Å²) in [6.45, 7) is 2.99. The van der Waals surface area contributed by atoms with Gasteiger partial charge in [-0.15, -0.1) is 23.7 Å². The Bertz CT molecular complexity index is 488. The summed E-state index contributed by atoms with van der Waals surface area (Å²) in [6, 6.07) is 4.13. The van der Waals surface area contributed by atoms with Crippen LogP contribution < -0.4 is 10.6 Å². The van der Waals surface area contributed by atoms with E-state index in [1.54, 1.807) is 11.3 Å². The van der Waals surface area contributed by atoms with Crippen molar-refractivity contribution in [1.29, 1.82) is 0 Å². The van der Waals surface area contributed by atoms with Crippen LogP contribution in [0.3, 0.4) is 0 Å². The molecule has 1 saturated heterocycles.